The molecule has 0 unspecified atom stereocenters. The van der Waals surface area contributed by atoms with Crippen LogP contribution in [0.4, 0.5) is 0 Å². The first-order chi connectivity index (χ1) is 4.33. The van der Waals surface area contributed by atoms with Crippen LogP contribution in [0, 0.1) is 0 Å². The first-order valence-electron chi connectivity index (χ1n) is 3.31. The maximum Gasteiger partial charge on any atom is 1.00 e. The summed E-state index contributed by atoms with van der Waals surface area (Å²) in [5.74, 6) is -0.0764. The quantitative estimate of drug-likeness (QED) is 0.375. The van der Waals surface area contributed by atoms with Gasteiger partial charge in [0.2, 0.25) is 5.91 Å². The van der Waals surface area contributed by atoms with Crippen LogP contribution in [0.5, 0.6) is 0 Å². The van der Waals surface area contributed by atoms with Crippen molar-refractivity contribution in [3.63, 3.8) is 0 Å². The maximum absolute atomic E-state index is 10.9. The molecular weight excluding hydrogens is 149 g/mol. The molecule has 0 aromatic carbocycles. The molecule has 0 aromatic heterocycles. The normalized spacial score (nSPS) is 9.82. The van der Waals surface area contributed by atoms with Crippen LogP contribution in [0.2, 0.25) is 0 Å². The molecule has 0 fully saturated rings. The van der Waals surface area contributed by atoms with E-state index in [1.54, 1.807) is 6.92 Å². The average molecular weight is 165 g/mol. The molecule has 0 rings (SSSR count). The molecule has 0 heterocycles. The molecular formula is C8H16NNaO. The summed E-state index contributed by atoms with van der Waals surface area (Å²) in [4.78, 5) is 10.9. The molecule has 0 aliphatic heterocycles. The summed E-state index contributed by atoms with van der Waals surface area (Å²) in [6, 6.07) is 0. The van der Waals surface area contributed by atoms with Crippen LogP contribution < -0.4 is 34.9 Å². The molecule has 3 heteroatoms. The molecule has 1 N–H and O–H groups in total. The molecule has 60 valence electrons. The number of nitrogens with one attached hydrogen (secondary N) is 1. The van der Waals surface area contributed by atoms with Gasteiger partial charge in [0.15, 0.2) is 0 Å². The van der Waals surface area contributed by atoms with Gasteiger partial charge >= 0.3 is 29.6 Å². The third kappa shape index (κ3) is 8.11. The van der Waals surface area contributed by atoms with Crippen molar-refractivity contribution in [2.45, 2.75) is 33.2 Å². The Morgan fingerprint density at radius 3 is 1.91 bits per heavy atom. The Morgan fingerprint density at radius 1 is 1.45 bits per heavy atom. The van der Waals surface area contributed by atoms with E-state index in [1.807, 2.05) is 20.8 Å². The van der Waals surface area contributed by atoms with Crippen molar-refractivity contribution in [1.29, 1.82) is 0 Å². The Bertz CT molecular complexity index is 163. The number of rotatable bonds is 1. The van der Waals surface area contributed by atoms with Crippen LogP contribution in [-0.2, 0) is 4.79 Å². The summed E-state index contributed by atoms with van der Waals surface area (Å²) >= 11 is 0. The zero-order valence-electron chi connectivity index (χ0n) is 9.12. The summed E-state index contributed by atoms with van der Waals surface area (Å²) < 4.78 is 0. The largest absolute Gasteiger partial charge is 1.00 e. The van der Waals surface area contributed by atoms with Gasteiger partial charge in [0.05, 0.1) is 0 Å². The first-order valence-corrected chi connectivity index (χ1v) is 3.31. The number of carbonyl (C=O) groups is 1. The summed E-state index contributed by atoms with van der Waals surface area (Å²) in [6.07, 6.45) is 0. The summed E-state index contributed by atoms with van der Waals surface area (Å²) in [7, 11) is 0. The van der Waals surface area contributed by atoms with Crippen molar-refractivity contribution in [3.8, 4) is 0 Å². The van der Waals surface area contributed by atoms with Crippen LogP contribution in [0.25, 0.3) is 0 Å². The van der Waals surface area contributed by atoms with Crippen molar-refractivity contribution < 1.29 is 35.8 Å². The number of hydrogen-bond acceptors (Lipinski definition) is 1. The van der Waals surface area contributed by atoms with Gasteiger partial charge < -0.3 is 6.74 Å². The smallest absolute Gasteiger partial charge is 1.00 e. The third-order valence-corrected chi connectivity index (χ3v) is 0.876. The van der Waals surface area contributed by atoms with E-state index < -0.39 is 0 Å². The van der Waals surface area contributed by atoms with Gasteiger partial charge in [0.25, 0.3) is 0 Å². The van der Waals surface area contributed by atoms with E-state index in [-0.39, 0.29) is 42.4 Å². The minimum atomic E-state index is -0.157. The van der Waals surface area contributed by atoms with Crippen molar-refractivity contribution in [3.05, 3.63) is 12.2 Å². The summed E-state index contributed by atoms with van der Waals surface area (Å²) in [6.45, 7) is 11.0. The Hall–Kier alpha value is 0.210. The molecule has 11 heavy (non-hydrogen) atoms. The molecule has 0 spiro atoms. The fraction of sp³-hybridized carbons (Fsp3) is 0.625. The van der Waals surface area contributed by atoms with Gasteiger partial charge in [-0.3, -0.25) is 4.79 Å². The molecule has 0 aliphatic carbocycles. The maximum atomic E-state index is 10.9. The number of hydrogen-bond donors (Lipinski definition) is 1. The standard InChI is InChI=1S/C8H15NO.Na.H/c1-6(2)7(10)9-8(3,4)5;;/h1H2,2-5H3,(H,9,10);;/q;+1;-1. The molecule has 0 atom stereocenters. The first kappa shape index (κ1) is 13.8. The molecule has 0 radical (unpaired) electrons. The van der Waals surface area contributed by atoms with Gasteiger partial charge in [-0.25, -0.2) is 0 Å². The zero-order valence-corrected chi connectivity index (χ0v) is 10.1. The minimum absolute atomic E-state index is 0. The Morgan fingerprint density at radius 2 is 1.82 bits per heavy atom. The number of carbonyl (C=O) groups excluding carboxylic acids is 1. The third-order valence-electron chi connectivity index (χ3n) is 0.876. The molecule has 1 amide bonds. The van der Waals surface area contributed by atoms with Crippen LogP contribution in [0.1, 0.15) is 29.1 Å². The van der Waals surface area contributed by atoms with E-state index in [1.165, 1.54) is 0 Å². The Balaban J connectivity index is -0.000000405. The van der Waals surface area contributed by atoms with E-state index in [0.29, 0.717) is 5.57 Å². The van der Waals surface area contributed by atoms with Gasteiger partial charge in [-0.15, -0.1) is 0 Å². The topological polar surface area (TPSA) is 29.1 Å². The second-order valence-corrected chi connectivity index (χ2v) is 3.48. The fourth-order valence-electron chi connectivity index (χ4n) is 0.447. The zero-order chi connectivity index (χ0) is 8.36. The Labute approximate surface area is 92.2 Å². The van der Waals surface area contributed by atoms with E-state index in [0.717, 1.165) is 0 Å². The molecule has 0 bridgehead atoms. The van der Waals surface area contributed by atoms with E-state index in [9.17, 15) is 4.79 Å². The molecule has 0 saturated carbocycles. The monoisotopic (exact) mass is 165 g/mol. The van der Waals surface area contributed by atoms with Crippen LogP contribution in [0.3, 0.4) is 0 Å². The summed E-state index contributed by atoms with van der Waals surface area (Å²) in [5, 5.41) is 2.78. The van der Waals surface area contributed by atoms with E-state index >= 15 is 0 Å². The van der Waals surface area contributed by atoms with Crippen LogP contribution >= 0.6 is 0 Å². The molecule has 0 aromatic rings. The van der Waals surface area contributed by atoms with Crippen LogP contribution in [0.15, 0.2) is 12.2 Å². The van der Waals surface area contributed by atoms with Crippen molar-refractivity contribution >= 4 is 5.91 Å². The second kappa shape index (κ2) is 4.96. The molecule has 2 nitrogen and oxygen atoms in total. The van der Waals surface area contributed by atoms with Crippen molar-refractivity contribution in [2.24, 2.45) is 0 Å². The van der Waals surface area contributed by atoms with Gasteiger partial charge in [0.1, 0.15) is 0 Å². The average Bonchev–Trinajstić information content (AvgIpc) is 1.60. The number of amides is 1. The summed E-state index contributed by atoms with van der Waals surface area (Å²) in [5.41, 5.74) is 0.394. The predicted molar refractivity (Wildman–Crippen MR) is 43.8 cm³/mol. The van der Waals surface area contributed by atoms with Gasteiger partial charge in [-0.05, 0) is 27.7 Å². The molecule has 0 saturated heterocycles. The predicted octanol–water partition coefficient (Wildman–Crippen LogP) is -1.41. The van der Waals surface area contributed by atoms with Gasteiger partial charge in [0, 0.05) is 11.1 Å². The second-order valence-electron chi connectivity index (χ2n) is 3.48. The van der Waals surface area contributed by atoms with E-state index in [4.69, 9.17) is 0 Å². The Kier molecular flexibility index (Phi) is 6.22. The minimum Gasteiger partial charge on any atom is -1.00 e. The van der Waals surface area contributed by atoms with Crippen LogP contribution in [-0.4, -0.2) is 11.4 Å². The van der Waals surface area contributed by atoms with E-state index in [2.05, 4.69) is 11.9 Å². The SMILES string of the molecule is C=C(C)C(=O)NC(C)(C)C.[H-].[Na+]. The van der Waals surface area contributed by atoms with Gasteiger partial charge in [-0.2, -0.15) is 0 Å². The molecule has 0 aliphatic rings. The van der Waals surface area contributed by atoms with Gasteiger partial charge in [-0.1, -0.05) is 6.58 Å². The van der Waals surface area contributed by atoms with Crippen molar-refractivity contribution in [1.82, 2.24) is 5.32 Å². The fourth-order valence-corrected chi connectivity index (χ4v) is 0.447. The van der Waals surface area contributed by atoms with Crippen molar-refractivity contribution in [2.75, 3.05) is 0 Å².